The van der Waals surface area contributed by atoms with E-state index in [0.29, 0.717) is 40.8 Å². The van der Waals surface area contributed by atoms with Crippen LogP contribution in [0, 0.1) is 0 Å². The number of carbonyl (C=O) groups is 3. The van der Waals surface area contributed by atoms with Gasteiger partial charge in [0.25, 0.3) is 11.8 Å². The number of fused-ring (bicyclic) bond motifs is 1. The highest BCUT2D eigenvalue weighted by Gasteiger charge is 2.45. The van der Waals surface area contributed by atoms with E-state index in [1.165, 1.54) is 6.42 Å². The first-order valence-corrected chi connectivity index (χ1v) is 12.5. The van der Waals surface area contributed by atoms with Crippen LogP contribution in [0.2, 0.25) is 5.02 Å². The molecule has 2 aliphatic carbocycles. The maximum atomic E-state index is 13.3. The average Bonchev–Trinajstić information content (AvgIpc) is 3.12. The minimum Gasteiger partial charge on any atom is -0.370 e. The Bertz CT molecular complexity index is 1100. The molecule has 186 valence electrons. The molecule has 35 heavy (non-hydrogen) atoms. The highest BCUT2D eigenvalue weighted by atomic mass is 35.5. The standard InChI is InChI=1S/C26H32ClN5O3/c1-26-14-12-18(24(35)31(2)20-6-4-3-5-7-20)16-21(26)29-25(32(26)15-13-22(28)33)30-23(34)17-8-10-19(27)11-9-17/h8-12,16,20H,3-7,13-15H2,1-2H3,(H2,28,33)(H,29,30,34). The fraction of sp³-hybridized carbons (Fsp3) is 0.462. The van der Waals surface area contributed by atoms with Gasteiger partial charge in [-0.25, -0.2) is 4.99 Å². The molecule has 3 amide bonds. The molecule has 1 heterocycles. The van der Waals surface area contributed by atoms with E-state index in [1.54, 1.807) is 24.3 Å². The number of nitrogens with one attached hydrogen (secondary N) is 1. The molecule has 1 aliphatic heterocycles. The van der Waals surface area contributed by atoms with Gasteiger partial charge in [-0.3, -0.25) is 19.7 Å². The van der Waals surface area contributed by atoms with Crippen molar-refractivity contribution in [1.29, 1.82) is 0 Å². The average molecular weight is 498 g/mol. The van der Waals surface area contributed by atoms with E-state index in [0.717, 1.165) is 25.7 Å². The summed E-state index contributed by atoms with van der Waals surface area (Å²) in [5.74, 6) is -0.453. The molecule has 8 nitrogen and oxygen atoms in total. The number of benzene rings is 1. The first-order chi connectivity index (χ1) is 16.7. The Balaban J connectivity index is 1.58. The Morgan fingerprint density at radius 1 is 1.20 bits per heavy atom. The molecular formula is C26H32ClN5O3. The van der Waals surface area contributed by atoms with Crippen molar-refractivity contribution in [2.24, 2.45) is 10.7 Å². The molecule has 0 bridgehead atoms. The number of aliphatic imine (C=N–C) groups is 1. The topological polar surface area (TPSA) is 108 Å². The predicted octanol–water partition coefficient (Wildman–Crippen LogP) is 3.38. The molecule has 0 saturated heterocycles. The molecule has 4 rings (SSSR count). The quantitative estimate of drug-likeness (QED) is 0.628. The molecule has 1 saturated carbocycles. The second-order valence-electron chi connectivity index (χ2n) is 9.64. The molecule has 1 aromatic carbocycles. The first-order valence-electron chi connectivity index (χ1n) is 12.1. The number of rotatable bonds is 6. The van der Waals surface area contributed by atoms with Crippen LogP contribution in [0.3, 0.4) is 0 Å². The minimum absolute atomic E-state index is 0.0102. The van der Waals surface area contributed by atoms with Crippen LogP contribution >= 0.6 is 11.6 Å². The van der Waals surface area contributed by atoms with E-state index in [1.807, 2.05) is 35.9 Å². The number of hydrogen-bond acceptors (Lipinski definition) is 5. The molecule has 0 aromatic heterocycles. The first kappa shape index (κ1) is 25.0. The Hall–Kier alpha value is -3.13. The minimum atomic E-state index is -0.606. The number of guanidine groups is 1. The number of halogens is 1. The summed E-state index contributed by atoms with van der Waals surface area (Å²) in [7, 11) is 1.88. The zero-order chi connectivity index (χ0) is 25.2. The summed E-state index contributed by atoms with van der Waals surface area (Å²) in [6.45, 7) is 2.29. The Kier molecular flexibility index (Phi) is 7.31. The molecule has 3 aliphatic rings. The third-order valence-corrected chi connectivity index (χ3v) is 7.50. The van der Waals surface area contributed by atoms with Crippen LogP contribution in [0.5, 0.6) is 0 Å². The zero-order valence-corrected chi connectivity index (χ0v) is 21.0. The third-order valence-electron chi connectivity index (χ3n) is 7.24. The van der Waals surface area contributed by atoms with Crippen LogP contribution in [0.25, 0.3) is 0 Å². The molecule has 3 N–H and O–H groups in total. The van der Waals surface area contributed by atoms with Crippen molar-refractivity contribution in [1.82, 2.24) is 15.1 Å². The van der Waals surface area contributed by atoms with E-state index in [9.17, 15) is 14.4 Å². The highest BCUT2D eigenvalue weighted by molar-refractivity contribution is 6.30. The van der Waals surface area contributed by atoms with Crippen molar-refractivity contribution in [3.8, 4) is 0 Å². The van der Waals surface area contributed by atoms with E-state index in [4.69, 9.17) is 22.3 Å². The lowest BCUT2D eigenvalue weighted by Crippen LogP contribution is -2.53. The van der Waals surface area contributed by atoms with Gasteiger partial charge in [-0.1, -0.05) is 36.9 Å². The molecule has 1 atom stereocenters. The van der Waals surface area contributed by atoms with Crippen LogP contribution in [-0.4, -0.2) is 58.7 Å². The Morgan fingerprint density at radius 3 is 2.54 bits per heavy atom. The summed E-state index contributed by atoms with van der Waals surface area (Å²) in [6.07, 6.45) is 9.95. The molecule has 1 unspecified atom stereocenters. The lowest BCUT2D eigenvalue weighted by atomic mass is 9.85. The number of primary amides is 1. The lowest BCUT2D eigenvalue weighted by molar-refractivity contribution is -0.128. The van der Waals surface area contributed by atoms with Gasteiger partial charge in [0.05, 0.1) is 11.2 Å². The van der Waals surface area contributed by atoms with E-state index >= 15 is 0 Å². The van der Waals surface area contributed by atoms with Gasteiger partial charge >= 0.3 is 0 Å². The third kappa shape index (κ3) is 5.27. The fourth-order valence-electron chi connectivity index (χ4n) is 5.02. The number of likely N-dealkylation sites (N-methyl/N-ethyl adjacent to an activating group) is 1. The largest absolute Gasteiger partial charge is 0.370 e. The summed E-state index contributed by atoms with van der Waals surface area (Å²) in [4.78, 5) is 46.2. The zero-order valence-electron chi connectivity index (χ0n) is 20.2. The van der Waals surface area contributed by atoms with E-state index in [2.05, 4.69) is 5.32 Å². The van der Waals surface area contributed by atoms with Gasteiger partial charge in [0.15, 0.2) is 0 Å². The lowest BCUT2D eigenvalue weighted by Gasteiger charge is -2.39. The van der Waals surface area contributed by atoms with Crippen LogP contribution in [0.4, 0.5) is 0 Å². The van der Waals surface area contributed by atoms with Crippen molar-refractivity contribution in [3.05, 3.63) is 58.3 Å². The maximum Gasteiger partial charge on any atom is 0.257 e. The van der Waals surface area contributed by atoms with Crippen LogP contribution < -0.4 is 11.1 Å². The van der Waals surface area contributed by atoms with Crippen LogP contribution in [0.15, 0.2) is 52.7 Å². The van der Waals surface area contributed by atoms with Crippen molar-refractivity contribution >= 4 is 35.3 Å². The van der Waals surface area contributed by atoms with Gasteiger partial charge in [0.1, 0.15) is 0 Å². The van der Waals surface area contributed by atoms with Crippen molar-refractivity contribution < 1.29 is 14.4 Å². The van der Waals surface area contributed by atoms with Gasteiger partial charge in [0.2, 0.25) is 11.9 Å². The fourth-order valence-corrected chi connectivity index (χ4v) is 5.14. The normalized spacial score (nSPS) is 22.0. The summed E-state index contributed by atoms with van der Waals surface area (Å²) in [5, 5.41) is 3.41. The predicted molar refractivity (Wildman–Crippen MR) is 136 cm³/mol. The summed E-state index contributed by atoms with van der Waals surface area (Å²) >= 11 is 5.94. The van der Waals surface area contributed by atoms with Crippen LogP contribution in [0.1, 0.15) is 62.2 Å². The maximum absolute atomic E-state index is 13.3. The van der Waals surface area contributed by atoms with Crippen LogP contribution in [-0.2, 0) is 9.59 Å². The molecule has 9 heteroatoms. The monoisotopic (exact) mass is 497 g/mol. The molecule has 1 aromatic rings. The van der Waals surface area contributed by atoms with Gasteiger partial charge in [-0.2, -0.15) is 0 Å². The van der Waals surface area contributed by atoms with Gasteiger partial charge in [0, 0.05) is 42.2 Å². The van der Waals surface area contributed by atoms with Gasteiger partial charge in [-0.05, 0) is 56.5 Å². The second-order valence-corrected chi connectivity index (χ2v) is 10.1. The Labute approximate surface area is 210 Å². The molecule has 0 spiro atoms. The number of nitrogens with zero attached hydrogens (tertiary/aromatic N) is 3. The Morgan fingerprint density at radius 2 is 1.89 bits per heavy atom. The summed E-state index contributed by atoms with van der Waals surface area (Å²) in [6, 6.07) is 6.82. The van der Waals surface area contributed by atoms with Gasteiger partial charge in [-0.15, -0.1) is 0 Å². The molecular weight excluding hydrogens is 466 g/mol. The summed E-state index contributed by atoms with van der Waals surface area (Å²) in [5.41, 5.74) is 6.53. The number of amides is 3. The number of nitrogens with two attached hydrogens (primary N) is 1. The second kappa shape index (κ2) is 10.2. The molecule has 1 fully saturated rings. The van der Waals surface area contributed by atoms with Gasteiger partial charge < -0.3 is 15.5 Å². The van der Waals surface area contributed by atoms with Crippen molar-refractivity contribution in [2.45, 2.75) is 63.5 Å². The van der Waals surface area contributed by atoms with Crippen molar-refractivity contribution in [2.75, 3.05) is 13.6 Å². The van der Waals surface area contributed by atoms with E-state index < -0.39 is 11.4 Å². The number of hydrogen-bond donors (Lipinski definition) is 2. The molecule has 0 radical (unpaired) electrons. The van der Waals surface area contributed by atoms with E-state index in [-0.39, 0.29) is 24.3 Å². The summed E-state index contributed by atoms with van der Waals surface area (Å²) < 4.78 is 0. The highest BCUT2D eigenvalue weighted by Crippen LogP contribution is 2.40. The smallest absolute Gasteiger partial charge is 0.257 e. The number of carbonyl (C=O) groups excluding carboxylic acids is 3. The SMILES string of the molecule is CN(C(=O)C1=CCC2(C)C(=C1)N=C(NC(=O)c1ccc(Cl)cc1)N2CCC(N)=O)C1CCCCC1. The van der Waals surface area contributed by atoms with Crippen molar-refractivity contribution in [3.63, 3.8) is 0 Å².